The molecule has 0 amide bonds. The monoisotopic (exact) mass is 436 g/mol. The van der Waals surface area contributed by atoms with Crippen molar-refractivity contribution >= 4 is 30.4 Å². The van der Waals surface area contributed by atoms with Gasteiger partial charge in [0.25, 0.3) is 30.4 Å². The summed E-state index contributed by atoms with van der Waals surface area (Å²) in [5.41, 5.74) is 0.220. The van der Waals surface area contributed by atoms with Gasteiger partial charge in [-0.15, -0.1) is 0 Å². The molecule has 148 valence electrons. The predicted molar refractivity (Wildman–Crippen MR) is 95.5 cm³/mol. The predicted octanol–water partition coefficient (Wildman–Crippen LogP) is 2.02. The third kappa shape index (κ3) is 4.36. The molecule has 2 rings (SSSR count). The Kier molecular flexibility index (Phi) is 5.29. The highest BCUT2D eigenvalue weighted by atomic mass is 32.2. The third-order valence-electron chi connectivity index (χ3n) is 4.10. The number of aryl methyl sites for hydroxylation is 1. The Morgan fingerprint density at radius 3 is 1.19 bits per heavy atom. The summed E-state index contributed by atoms with van der Waals surface area (Å²) in [7, 11) is -14.3. The number of rotatable bonds is 4. The van der Waals surface area contributed by atoms with Gasteiger partial charge in [0.15, 0.2) is 0 Å². The van der Waals surface area contributed by atoms with Crippen LogP contribution in [0.5, 0.6) is 0 Å². The quantitative estimate of drug-likeness (QED) is 0.608. The molecule has 0 heterocycles. The van der Waals surface area contributed by atoms with Gasteiger partial charge < -0.3 is 0 Å². The topological polar surface area (TPSA) is 163 Å². The highest BCUT2D eigenvalue weighted by molar-refractivity contribution is 7.87. The van der Waals surface area contributed by atoms with Gasteiger partial charge in [-0.2, -0.15) is 25.3 Å². The van der Waals surface area contributed by atoms with E-state index in [4.69, 9.17) is 0 Å². The van der Waals surface area contributed by atoms with Crippen LogP contribution < -0.4 is 0 Å². The minimum Gasteiger partial charge on any atom is -0.282 e. The van der Waals surface area contributed by atoms with Gasteiger partial charge >= 0.3 is 0 Å². The van der Waals surface area contributed by atoms with Crippen LogP contribution in [0.2, 0.25) is 0 Å². The van der Waals surface area contributed by atoms with Gasteiger partial charge in [0.2, 0.25) is 0 Å². The molecule has 0 spiro atoms. The van der Waals surface area contributed by atoms with E-state index < -0.39 is 50.6 Å². The minimum atomic E-state index is -4.85. The molecule has 3 N–H and O–H groups in total. The van der Waals surface area contributed by atoms with Crippen molar-refractivity contribution in [3.05, 3.63) is 41.0 Å². The average molecular weight is 436 g/mol. The second-order valence-corrected chi connectivity index (χ2v) is 10.1. The Bertz CT molecular complexity index is 1200. The molecule has 0 fully saturated rings. The van der Waals surface area contributed by atoms with E-state index in [2.05, 4.69) is 0 Å². The molecular weight excluding hydrogens is 420 g/mol. The molecule has 0 aliphatic rings. The van der Waals surface area contributed by atoms with Crippen molar-refractivity contribution in [3.8, 4) is 11.1 Å². The first-order valence-electron chi connectivity index (χ1n) is 7.22. The van der Waals surface area contributed by atoms with E-state index in [0.29, 0.717) is 5.56 Å². The lowest BCUT2D eigenvalue weighted by Gasteiger charge is -2.14. The zero-order chi connectivity index (χ0) is 20.9. The Hall–Kier alpha value is -1.83. The maximum Gasteiger partial charge on any atom is 0.294 e. The SMILES string of the molecule is Cc1cc(-c2cc(S(=O)(=O)O)c(C)c(S(=O)(=O)O)c2)cc(S(=O)(=O)O)c1C. The first-order chi connectivity index (χ1) is 12.0. The molecule has 0 aliphatic carbocycles. The van der Waals surface area contributed by atoms with Gasteiger partial charge in [0.1, 0.15) is 0 Å². The second-order valence-electron chi connectivity index (χ2n) is 5.94. The molecule has 9 nitrogen and oxygen atoms in total. The lowest BCUT2D eigenvalue weighted by molar-refractivity contribution is 0.477. The van der Waals surface area contributed by atoms with Crippen molar-refractivity contribution in [2.24, 2.45) is 0 Å². The van der Waals surface area contributed by atoms with Crippen molar-refractivity contribution in [2.75, 3.05) is 0 Å². The fourth-order valence-electron chi connectivity index (χ4n) is 2.63. The molecule has 0 saturated carbocycles. The van der Waals surface area contributed by atoms with Crippen LogP contribution in [-0.4, -0.2) is 38.9 Å². The molecule has 0 unspecified atom stereocenters. The van der Waals surface area contributed by atoms with E-state index in [0.717, 1.165) is 25.1 Å². The highest BCUT2D eigenvalue weighted by Gasteiger charge is 2.24. The zero-order valence-electron chi connectivity index (χ0n) is 14.3. The summed E-state index contributed by atoms with van der Waals surface area (Å²) in [5, 5.41) is 0. The maximum absolute atomic E-state index is 11.6. The fourth-order valence-corrected chi connectivity index (χ4v) is 5.06. The largest absolute Gasteiger partial charge is 0.294 e. The van der Waals surface area contributed by atoms with Gasteiger partial charge in [-0.05, 0) is 66.8 Å². The van der Waals surface area contributed by atoms with E-state index >= 15 is 0 Å². The Morgan fingerprint density at radius 2 is 0.852 bits per heavy atom. The average Bonchev–Trinajstić information content (AvgIpc) is 2.46. The van der Waals surface area contributed by atoms with E-state index in [-0.39, 0.29) is 16.7 Å². The van der Waals surface area contributed by atoms with Gasteiger partial charge in [-0.3, -0.25) is 13.7 Å². The van der Waals surface area contributed by atoms with Crippen LogP contribution >= 0.6 is 0 Å². The van der Waals surface area contributed by atoms with Gasteiger partial charge in [-0.25, -0.2) is 0 Å². The lowest BCUT2D eigenvalue weighted by atomic mass is 9.99. The Balaban J connectivity index is 2.99. The van der Waals surface area contributed by atoms with Crippen molar-refractivity contribution in [3.63, 3.8) is 0 Å². The zero-order valence-corrected chi connectivity index (χ0v) is 16.8. The number of hydrogen-bond acceptors (Lipinski definition) is 6. The molecular formula is C15H16O9S3. The van der Waals surface area contributed by atoms with Gasteiger partial charge in [-0.1, -0.05) is 6.07 Å². The lowest BCUT2D eigenvalue weighted by Crippen LogP contribution is -2.08. The summed E-state index contributed by atoms with van der Waals surface area (Å²) in [4.78, 5) is -1.97. The van der Waals surface area contributed by atoms with E-state index in [1.807, 2.05) is 0 Å². The summed E-state index contributed by atoms with van der Waals surface area (Å²) in [5.74, 6) is 0. The van der Waals surface area contributed by atoms with Crippen molar-refractivity contribution in [1.82, 2.24) is 0 Å². The minimum absolute atomic E-state index is 0.0560. The molecule has 0 saturated heterocycles. The summed E-state index contributed by atoms with van der Waals surface area (Å²) in [6, 6.07) is 4.36. The first-order valence-corrected chi connectivity index (χ1v) is 11.5. The normalized spacial score (nSPS) is 13.0. The van der Waals surface area contributed by atoms with Crippen LogP contribution in [0.25, 0.3) is 11.1 Å². The smallest absolute Gasteiger partial charge is 0.282 e. The van der Waals surface area contributed by atoms with Crippen molar-refractivity contribution < 1.29 is 38.9 Å². The Labute approximate surface area is 156 Å². The van der Waals surface area contributed by atoms with Crippen LogP contribution in [-0.2, 0) is 30.4 Å². The third-order valence-corrected chi connectivity index (χ3v) is 7.04. The van der Waals surface area contributed by atoms with E-state index in [1.165, 1.54) is 19.9 Å². The molecule has 0 aliphatic heterocycles. The summed E-state index contributed by atoms with van der Waals surface area (Å²) < 4.78 is 97.7. The van der Waals surface area contributed by atoms with Crippen LogP contribution in [0.4, 0.5) is 0 Å². The van der Waals surface area contributed by atoms with Crippen LogP contribution in [0.1, 0.15) is 16.7 Å². The molecule has 0 atom stereocenters. The first kappa shape index (κ1) is 21.5. The molecule has 0 radical (unpaired) electrons. The van der Waals surface area contributed by atoms with Gasteiger partial charge in [0, 0.05) is 0 Å². The number of hydrogen-bond donors (Lipinski definition) is 3. The molecule has 2 aromatic carbocycles. The number of benzene rings is 2. The maximum atomic E-state index is 11.6. The molecule has 12 heteroatoms. The van der Waals surface area contributed by atoms with Crippen molar-refractivity contribution in [2.45, 2.75) is 35.5 Å². The molecule has 2 aromatic rings. The van der Waals surface area contributed by atoms with Crippen molar-refractivity contribution in [1.29, 1.82) is 0 Å². The van der Waals surface area contributed by atoms with Gasteiger partial charge in [0.05, 0.1) is 14.7 Å². The van der Waals surface area contributed by atoms with Crippen LogP contribution in [0.3, 0.4) is 0 Å². The molecule has 0 aromatic heterocycles. The highest BCUT2D eigenvalue weighted by Crippen LogP contribution is 2.33. The van der Waals surface area contributed by atoms with Crippen LogP contribution in [0.15, 0.2) is 39.0 Å². The fraction of sp³-hybridized carbons (Fsp3) is 0.200. The van der Waals surface area contributed by atoms with Crippen LogP contribution in [0, 0.1) is 20.8 Å². The molecule has 27 heavy (non-hydrogen) atoms. The Morgan fingerprint density at radius 1 is 0.556 bits per heavy atom. The van der Waals surface area contributed by atoms with E-state index in [1.54, 1.807) is 0 Å². The second kappa shape index (κ2) is 6.65. The standard InChI is InChI=1S/C15H16O9S3/c1-8-4-11(5-13(9(8)2)25(16,17)18)12-6-14(26(19,20)21)10(3)15(7-12)27(22,23)24/h4-7H,1-3H3,(H,16,17,18)(H,19,20,21)(H,22,23,24). The summed E-state index contributed by atoms with van der Waals surface area (Å²) in [6.45, 7) is 4.07. The molecule has 0 bridgehead atoms. The van der Waals surface area contributed by atoms with E-state index in [9.17, 15) is 38.9 Å². The summed E-state index contributed by atoms with van der Waals surface area (Å²) >= 11 is 0. The summed E-state index contributed by atoms with van der Waals surface area (Å²) in [6.07, 6.45) is 0.